The van der Waals surface area contributed by atoms with Crippen LogP contribution in [0.1, 0.15) is 17.3 Å². The molecule has 0 saturated heterocycles. The van der Waals surface area contributed by atoms with Crippen LogP contribution >= 0.6 is 0 Å². The number of sulfone groups is 1. The number of rotatable bonds is 5. The smallest absolute Gasteiger partial charge is 0.495 e. The topological polar surface area (TPSA) is 102 Å². The number of alkyl halides is 3. The molecule has 0 atom stereocenters. The predicted molar refractivity (Wildman–Crippen MR) is 94.9 cm³/mol. The Kier molecular flexibility index (Phi) is 5.98. The van der Waals surface area contributed by atoms with Gasteiger partial charge in [0.05, 0.1) is 17.7 Å². The van der Waals surface area contributed by atoms with Crippen LogP contribution in [0.3, 0.4) is 0 Å². The maximum atomic E-state index is 12.6. The second-order valence-electron chi connectivity index (χ2n) is 5.52. The summed E-state index contributed by atoms with van der Waals surface area (Å²) in [5.74, 6) is -0.767. The lowest BCUT2D eigenvalue weighted by atomic mass is 10.2. The summed E-state index contributed by atoms with van der Waals surface area (Å²) in [6, 6.07) is 7.79. The molecule has 2 N–H and O–H groups in total. The first-order valence-corrected chi connectivity index (χ1v) is 9.12. The zero-order valence-electron chi connectivity index (χ0n) is 14.6. The van der Waals surface area contributed by atoms with E-state index in [0.29, 0.717) is 17.8 Å². The molecular formula is C17H15F3N2O5S. The minimum Gasteiger partial charge on any atom is -0.495 e. The van der Waals surface area contributed by atoms with Gasteiger partial charge in [0.1, 0.15) is 5.75 Å². The van der Waals surface area contributed by atoms with Gasteiger partial charge in [0, 0.05) is 18.2 Å². The number of carbonyl (C=O) groups excluding carboxylic acids is 2. The number of ether oxygens (including phenoxy) is 1. The Hall–Kier alpha value is -3.08. The van der Waals surface area contributed by atoms with E-state index in [4.69, 9.17) is 4.74 Å². The van der Waals surface area contributed by atoms with E-state index in [-0.39, 0.29) is 22.9 Å². The van der Waals surface area contributed by atoms with Gasteiger partial charge in [-0.1, -0.05) is 0 Å². The molecule has 0 saturated carbocycles. The van der Waals surface area contributed by atoms with Crippen molar-refractivity contribution in [1.29, 1.82) is 0 Å². The molecule has 2 aromatic carbocycles. The van der Waals surface area contributed by atoms with E-state index in [9.17, 15) is 31.2 Å². The number of hydrogen-bond donors (Lipinski definition) is 2. The predicted octanol–water partition coefficient (Wildman–Crippen LogP) is 3.20. The summed E-state index contributed by atoms with van der Waals surface area (Å²) in [6.07, 6.45) is 0. The van der Waals surface area contributed by atoms with Crippen molar-refractivity contribution >= 4 is 33.0 Å². The van der Waals surface area contributed by atoms with Gasteiger partial charge < -0.3 is 15.4 Å². The van der Waals surface area contributed by atoms with E-state index in [1.165, 1.54) is 26.2 Å². The first kappa shape index (κ1) is 21.2. The summed E-state index contributed by atoms with van der Waals surface area (Å²) in [7, 11) is -4.14. The lowest BCUT2D eigenvalue weighted by Gasteiger charge is -2.13. The van der Waals surface area contributed by atoms with Gasteiger partial charge in [-0.25, -0.2) is 8.42 Å². The molecule has 0 bridgehead atoms. The van der Waals surface area contributed by atoms with Crippen molar-refractivity contribution in [2.45, 2.75) is 17.3 Å². The second-order valence-corrected chi connectivity index (χ2v) is 7.47. The van der Waals surface area contributed by atoms with Gasteiger partial charge in [0.2, 0.25) is 5.91 Å². The fourth-order valence-electron chi connectivity index (χ4n) is 2.20. The number of halogens is 3. The quantitative estimate of drug-likeness (QED) is 0.780. The average Bonchev–Trinajstić information content (AvgIpc) is 2.60. The van der Waals surface area contributed by atoms with Gasteiger partial charge in [-0.2, -0.15) is 13.2 Å². The maximum Gasteiger partial charge on any atom is 0.501 e. The number of amides is 2. The molecule has 2 rings (SSSR count). The van der Waals surface area contributed by atoms with Crippen molar-refractivity contribution in [3.63, 3.8) is 0 Å². The Balaban J connectivity index is 2.27. The summed E-state index contributed by atoms with van der Waals surface area (Å²) < 4.78 is 65.5. The van der Waals surface area contributed by atoms with Crippen LogP contribution in [0.25, 0.3) is 0 Å². The van der Waals surface area contributed by atoms with Crippen LogP contribution in [0.5, 0.6) is 5.75 Å². The van der Waals surface area contributed by atoms with Crippen LogP contribution in [0, 0.1) is 0 Å². The lowest BCUT2D eigenvalue weighted by Crippen LogP contribution is -2.23. The number of carbonyl (C=O) groups is 2. The summed E-state index contributed by atoms with van der Waals surface area (Å²) in [6.45, 7) is 1.30. The normalized spacial score (nSPS) is 11.6. The molecule has 150 valence electrons. The number of methoxy groups -OCH3 is 1. The van der Waals surface area contributed by atoms with Crippen LogP contribution in [-0.2, 0) is 14.6 Å². The molecule has 2 aromatic rings. The number of nitrogens with one attached hydrogen (secondary N) is 2. The molecule has 0 aromatic heterocycles. The Labute approximate surface area is 158 Å². The highest BCUT2D eigenvalue weighted by molar-refractivity contribution is 7.92. The van der Waals surface area contributed by atoms with E-state index in [1.54, 1.807) is 6.07 Å². The van der Waals surface area contributed by atoms with Gasteiger partial charge in [0.25, 0.3) is 15.7 Å². The maximum absolute atomic E-state index is 12.6. The Morgan fingerprint density at radius 3 is 2.11 bits per heavy atom. The van der Waals surface area contributed by atoms with Crippen LogP contribution in [0.4, 0.5) is 24.5 Å². The molecule has 2 amide bonds. The molecule has 0 radical (unpaired) electrons. The third-order valence-electron chi connectivity index (χ3n) is 3.50. The van der Waals surface area contributed by atoms with E-state index in [1.807, 2.05) is 0 Å². The molecule has 7 nitrogen and oxygen atoms in total. The third kappa shape index (κ3) is 4.60. The largest absolute Gasteiger partial charge is 0.501 e. The Morgan fingerprint density at radius 1 is 1.00 bits per heavy atom. The molecule has 0 spiro atoms. The van der Waals surface area contributed by atoms with Crippen LogP contribution in [0.15, 0.2) is 47.4 Å². The van der Waals surface area contributed by atoms with Gasteiger partial charge in [-0.05, 0) is 42.5 Å². The molecule has 0 aliphatic carbocycles. The molecule has 0 aliphatic rings. The minimum absolute atomic E-state index is 0.0758. The zero-order chi connectivity index (χ0) is 21.1. The van der Waals surface area contributed by atoms with Gasteiger partial charge >= 0.3 is 5.51 Å². The third-order valence-corrected chi connectivity index (χ3v) is 5.00. The van der Waals surface area contributed by atoms with Gasteiger partial charge in [-0.15, -0.1) is 0 Å². The number of anilines is 2. The Bertz CT molecular complexity index is 1000. The number of hydrogen-bond acceptors (Lipinski definition) is 5. The highest BCUT2D eigenvalue weighted by Crippen LogP contribution is 2.31. The Morgan fingerprint density at radius 2 is 1.61 bits per heavy atom. The lowest BCUT2D eigenvalue weighted by molar-refractivity contribution is -0.114. The summed E-state index contributed by atoms with van der Waals surface area (Å²) in [5, 5.41) is 5.02. The molecule has 0 aliphatic heterocycles. The minimum atomic E-state index is -5.50. The monoisotopic (exact) mass is 416 g/mol. The van der Waals surface area contributed by atoms with Crippen LogP contribution in [0.2, 0.25) is 0 Å². The standard InChI is InChI=1S/C17H15F3N2O5S/c1-10(23)21-12-5-8-15(27-2)14(9-12)22-16(24)11-3-6-13(7-4-11)28(25,26)17(18,19)20/h3-9H,1-2H3,(H,21,23)(H,22,24). The molecule has 28 heavy (non-hydrogen) atoms. The fraction of sp³-hybridized carbons (Fsp3) is 0.176. The van der Waals surface area contributed by atoms with E-state index >= 15 is 0 Å². The molecule has 0 unspecified atom stereocenters. The van der Waals surface area contributed by atoms with Crippen molar-refractivity contribution in [2.24, 2.45) is 0 Å². The number of benzene rings is 2. The first-order chi connectivity index (χ1) is 13.0. The van der Waals surface area contributed by atoms with Crippen molar-refractivity contribution in [3.05, 3.63) is 48.0 Å². The van der Waals surface area contributed by atoms with E-state index in [2.05, 4.69) is 10.6 Å². The zero-order valence-corrected chi connectivity index (χ0v) is 15.4. The van der Waals surface area contributed by atoms with Crippen LogP contribution in [-0.4, -0.2) is 32.9 Å². The van der Waals surface area contributed by atoms with Gasteiger partial charge in [-0.3, -0.25) is 9.59 Å². The van der Waals surface area contributed by atoms with Crippen molar-refractivity contribution in [1.82, 2.24) is 0 Å². The van der Waals surface area contributed by atoms with Crippen LogP contribution < -0.4 is 15.4 Å². The second kappa shape index (κ2) is 7.89. The summed E-state index contributed by atoms with van der Waals surface area (Å²) in [5.41, 5.74) is -4.93. The highest BCUT2D eigenvalue weighted by atomic mass is 32.2. The average molecular weight is 416 g/mol. The first-order valence-electron chi connectivity index (χ1n) is 7.64. The van der Waals surface area contributed by atoms with Crippen molar-refractivity contribution < 1.29 is 35.9 Å². The SMILES string of the molecule is COc1ccc(NC(C)=O)cc1NC(=O)c1ccc(S(=O)(=O)C(F)(F)F)cc1. The van der Waals surface area contributed by atoms with E-state index in [0.717, 1.165) is 12.1 Å². The fourth-order valence-corrected chi connectivity index (χ4v) is 2.96. The van der Waals surface area contributed by atoms with Crippen molar-refractivity contribution in [2.75, 3.05) is 17.7 Å². The van der Waals surface area contributed by atoms with Crippen molar-refractivity contribution in [3.8, 4) is 5.75 Å². The molecule has 0 heterocycles. The summed E-state index contributed by atoms with van der Waals surface area (Å²) >= 11 is 0. The summed E-state index contributed by atoms with van der Waals surface area (Å²) in [4.78, 5) is 22.5. The van der Waals surface area contributed by atoms with E-state index < -0.39 is 26.1 Å². The molecule has 11 heteroatoms. The van der Waals surface area contributed by atoms with Gasteiger partial charge in [0.15, 0.2) is 0 Å². The highest BCUT2D eigenvalue weighted by Gasteiger charge is 2.46. The molecule has 0 fully saturated rings. The molecular weight excluding hydrogens is 401 g/mol.